The van der Waals surface area contributed by atoms with Crippen molar-refractivity contribution < 1.29 is 0 Å². The normalized spacial score (nSPS) is 12.2. The van der Waals surface area contributed by atoms with Gasteiger partial charge in [-0.05, 0) is 30.3 Å². The first kappa shape index (κ1) is 12.4. The van der Waals surface area contributed by atoms with Gasteiger partial charge in [0.1, 0.15) is 5.65 Å². The maximum Gasteiger partial charge on any atom is 0.146 e. The van der Waals surface area contributed by atoms with Gasteiger partial charge in [-0.25, -0.2) is 4.98 Å². The number of fused-ring (bicyclic) bond motifs is 10. The molecule has 0 unspecified atom stereocenters. The standard InChI is InChI=1S/C20H11N3S/c1-2-6-15-12(4-1)17-16(24-15)8-7-13-18-14(5-3-9-21-18)20-22-10-11-23(20)19(13)17/h1-11H. The van der Waals surface area contributed by atoms with E-state index in [9.17, 15) is 0 Å². The van der Waals surface area contributed by atoms with Gasteiger partial charge in [0, 0.05) is 49.5 Å². The molecule has 0 bridgehead atoms. The van der Waals surface area contributed by atoms with E-state index in [1.54, 1.807) is 0 Å². The van der Waals surface area contributed by atoms with Gasteiger partial charge in [0.15, 0.2) is 0 Å². The van der Waals surface area contributed by atoms with Gasteiger partial charge in [0.05, 0.1) is 11.0 Å². The van der Waals surface area contributed by atoms with Crippen LogP contribution in [0.1, 0.15) is 0 Å². The second-order valence-electron chi connectivity index (χ2n) is 5.95. The first-order valence-electron chi connectivity index (χ1n) is 7.85. The van der Waals surface area contributed by atoms with Crippen LogP contribution in [-0.2, 0) is 0 Å². The number of nitrogens with zero attached hydrogens (tertiary/aromatic N) is 3. The molecule has 0 fully saturated rings. The van der Waals surface area contributed by atoms with E-state index in [1.165, 1.54) is 31.1 Å². The van der Waals surface area contributed by atoms with E-state index in [4.69, 9.17) is 0 Å². The van der Waals surface area contributed by atoms with Crippen molar-refractivity contribution in [2.75, 3.05) is 0 Å². The van der Waals surface area contributed by atoms with Crippen LogP contribution in [-0.4, -0.2) is 14.4 Å². The number of thiophene rings is 1. The van der Waals surface area contributed by atoms with E-state index in [1.807, 2.05) is 29.8 Å². The molecule has 0 aliphatic rings. The Morgan fingerprint density at radius 3 is 2.67 bits per heavy atom. The van der Waals surface area contributed by atoms with Crippen LogP contribution < -0.4 is 0 Å². The average Bonchev–Trinajstić information content (AvgIpc) is 3.26. The number of aromatic nitrogens is 3. The third-order valence-electron chi connectivity index (χ3n) is 4.70. The monoisotopic (exact) mass is 325 g/mol. The van der Waals surface area contributed by atoms with Crippen molar-refractivity contribution >= 4 is 59.0 Å². The van der Waals surface area contributed by atoms with Crippen molar-refractivity contribution in [1.82, 2.24) is 14.4 Å². The van der Waals surface area contributed by atoms with Gasteiger partial charge in [-0.1, -0.05) is 18.2 Å². The van der Waals surface area contributed by atoms with Crippen LogP contribution in [0.25, 0.3) is 47.6 Å². The Morgan fingerprint density at radius 2 is 1.67 bits per heavy atom. The lowest BCUT2D eigenvalue weighted by molar-refractivity contribution is 1.27. The molecule has 0 saturated carbocycles. The Hall–Kier alpha value is -2.98. The first-order chi connectivity index (χ1) is 11.9. The summed E-state index contributed by atoms with van der Waals surface area (Å²) in [5, 5.41) is 4.86. The van der Waals surface area contributed by atoms with Crippen LogP contribution in [0.4, 0.5) is 0 Å². The minimum Gasteiger partial charge on any atom is -0.298 e. The van der Waals surface area contributed by atoms with Gasteiger partial charge in [0.2, 0.25) is 0 Å². The van der Waals surface area contributed by atoms with E-state index in [-0.39, 0.29) is 0 Å². The Morgan fingerprint density at radius 1 is 0.750 bits per heavy atom. The number of hydrogen-bond donors (Lipinski definition) is 0. The maximum atomic E-state index is 4.66. The third-order valence-corrected chi connectivity index (χ3v) is 5.84. The second-order valence-corrected chi connectivity index (χ2v) is 7.04. The molecule has 0 aliphatic heterocycles. The Kier molecular flexibility index (Phi) is 2.23. The van der Waals surface area contributed by atoms with Gasteiger partial charge in [-0.3, -0.25) is 9.38 Å². The van der Waals surface area contributed by atoms with Gasteiger partial charge in [-0.15, -0.1) is 11.3 Å². The molecule has 24 heavy (non-hydrogen) atoms. The Balaban J connectivity index is 2.06. The van der Waals surface area contributed by atoms with Crippen LogP contribution in [0.5, 0.6) is 0 Å². The summed E-state index contributed by atoms with van der Waals surface area (Å²) in [6.07, 6.45) is 5.78. The quantitative estimate of drug-likeness (QED) is 0.350. The molecule has 0 spiro atoms. The van der Waals surface area contributed by atoms with Crippen molar-refractivity contribution in [2.45, 2.75) is 0 Å². The second kappa shape index (κ2) is 4.30. The van der Waals surface area contributed by atoms with Crippen molar-refractivity contribution in [3.63, 3.8) is 0 Å². The highest BCUT2D eigenvalue weighted by atomic mass is 32.1. The van der Waals surface area contributed by atoms with E-state index in [2.05, 4.69) is 63.0 Å². The molecular weight excluding hydrogens is 314 g/mol. The fourth-order valence-electron chi connectivity index (χ4n) is 3.72. The summed E-state index contributed by atoms with van der Waals surface area (Å²) in [4.78, 5) is 9.25. The van der Waals surface area contributed by atoms with Crippen molar-refractivity contribution in [2.24, 2.45) is 0 Å². The number of imidazole rings is 1. The number of hydrogen-bond acceptors (Lipinski definition) is 3. The van der Waals surface area contributed by atoms with E-state index < -0.39 is 0 Å². The Bertz CT molecular complexity index is 1410. The summed E-state index contributed by atoms with van der Waals surface area (Å²) in [7, 11) is 0. The first-order valence-corrected chi connectivity index (χ1v) is 8.67. The summed E-state index contributed by atoms with van der Waals surface area (Å²) < 4.78 is 4.82. The number of rotatable bonds is 0. The van der Waals surface area contributed by atoms with Crippen LogP contribution in [0.15, 0.2) is 67.1 Å². The summed E-state index contributed by atoms with van der Waals surface area (Å²) in [5.74, 6) is 0. The van der Waals surface area contributed by atoms with Crippen LogP contribution >= 0.6 is 11.3 Å². The minimum atomic E-state index is 0.966. The summed E-state index contributed by atoms with van der Waals surface area (Å²) >= 11 is 1.84. The lowest BCUT2D eigenvalue weighted by atomic mass is 10.1. The van der Waals surface area contributed by atoms with E-state index >= 15 is 0 Å². The lowest BCUT2D eigenvalue weighted by Gasteiger charge is -2.09. The van der Waals surface area contributed by atoms with Gasteiger partial charge in [-0.2, -0.15) is 0 Å². The molecule has 2 aromatic carbocycles. The molecule has 112 valence electrons. The molecule has 0 saturated heterocycles. The summed E-state index contributed by atoms with van der Waals surface area (Å²) in [6, 6.07) is 17.1. The van der Waals surface area contributed by atoms with Crippen LogP contribution in [0, 0.1) is 0 Å². The number of pyridine rings is 2. The SMILES string of the molecule is c1ccc2c(c1)sc1ccc3c4ncccc4c4nccn4c3c12. The highest BCUT2D eigenvalue weighted by Crippen LogP contribution is 2.40. The zero-order valence-corrected chi connectivity index (χ0v) is 13.4. The molecule has 4 aromatic heterocycles. The molecule has 0 amide bonds. The molecule has 6 rings (SSSR count). The van der Waals surface area contributed by atoms with Gasteiger partial charge >= 0.3 is 0 Å². The molecule has 4 heterocycles. The molecule has 4 heteroatoms. The van der Waals surface area contributed by atoms with E-state index in [0.29, 0.717) is 0 Å². The number of benzene rings is 2. The highest BCUT2D eigenvalue weighted by molar-refractivity contribution is 7.26. The largest absolute Gasteiger partial charge is 0.298 e. The zero-order chi connectivity index (χ0) is 15.7. The van der Waals surface area contributed by atoms with Crippen LogP contribution in [0.3, 0.4) is 0 Å². The van der Waals surface area contributed by atoms with E-state index in [0.717, 1.165) is 16.6 Å². The summed E-state index contributed by atoms with van der Waals surface area (Å²) in [6.45, 7) is 0. The predicted octanol–water partition coefficient (Wildman–Crippen LogP) is 5.40. The predicted molar refractivity (Wildman–Crippen MR) is 101 cm³/mol. The van der Waals surface area contributed by atoms with Crippen molar-refractivity contribution in [3.8, 4) is 0 Å². The third kappa shape index (κ3) is 1.42. The molecule has 0 N–H and O–H groups in total. The Labute approximate surface area is 140 Å². The topological polar surface area (TPSA) is 30.2 Å². The van der Waals surface area contributed by atoms with Crippen molar-refractivity contribution in [1.29, 1.82) is 0 Å². The minimum absolute atomic E-state index is 0.966. The molecule has 6 aromatic rings. The smallest absolute Gasteiger partial charge is 0.146 e. The fraction of sp³-hybridized carbons (Fsp3) is 0. The maximum absolute atomic E-state index is 4.66. The van der Waals surface area contributed by atoms with Crippen LogP contribution in [0.2, 0.25) is 0 Å². The summed E-state index contributed by atoms with van der Waals surface area (Å²) in [5.41, 5.74) is 3.18. The van der Waals surface area contributed by atoms with Gasteiger partial charge < -0.3 is 0 Å². The lowest BCUT2D eigenvalue weighted by Crippen LogP contribution is -1.92. The average molecular weight is 325 g/mol. The van der Waals surface area contributed by atoms with Crippen molar-refractivity contribution in [3.05, 3.63) is 67.1 Å². The molecule has 0 radical (unpaired) electrons. The zero-order valence-electron chi connectivity index (χ0n) is 12.6. The molecule has 3 nitrogen and oxygen atoms in total. The molecule has 0 atom stereocenters. The molecule has 0 aliphatic carbocycles. The fourth-order valence-corrected chi connectivity index (χ4v) is 4.83. The highest BCUT2D eigenvalue weighted by Gasteiger charge is 2.15. The molecular formula is C20H11N3S. The van der Waals surface area contributed by atoms with Gasteiger partial charge in [0.25, 0.3) is 0 Å².